The average molecular weight is 348 g/mol. The van der Waals surface area contributed by atoms with Crippen LogP contribution in [0.2, 0.25) is 0 Å². The molecule has 0 aromatic heterocycles. The molecule has 3 aromatic rings. The number of sulfone groups is 1. The van der Waals surface area contributed by atoms with Gasteiger partial charge in [0.15, 0.2) is 9.84 Å². The van der Waals surface area contributed by atoms with Gasteiger partial charge in [-0.2, -0.15) is 0 Å². The topological polar surface area (TPSA) is 34.1 Å². The van der Waals surface area contributed by atoms with Crippen LogP contribution in [0.3, 0.4) is 0 Å². The van der Waals surface area contributed by atoms with Gasteiger partial charge in [-0.1, -0.05) is 78.9 Å². The lowest BCUT2D eigenvalue weighted by molar-refractivity contribution is 0.588. The van der Waals surface area contributed by atoms with Gasteiger partial charge < -0.3 is 0 Å². The molecule has 0 bridgehead atoms. The summed E-state index contributed by atoms with van der Waals surface area (Å²) in [6, 6.07) is 29.3. The molecule has 0 radical (unpaired) electrons. The molecule has 1 aliphatic rings. The van der Waals surface area contributed by atoms with Gasteiger partial charge >= 0.3 is 0 Å². The summed E-state index contributed by atoms with van der Waals surface area (Å²) in [6.45, 7) is 0. The van der Waals surface area contributed by atoms with Gasteiger partial charge in [0, 0.05) is 5.41 Å². The van der Waals surface area contributed by atoms with Crippen LogP contribution in [-0.2, 0) is 15.3 Å². The van der Waals surface area contributed by atoms with Gasteiger partial charge in [0.25, 0.3) is 0 Å². The van der Waals surface area contributed by atoms with Crippen LogP contribution in [0.4, 0.5) is 0 Å². The Kier molecular flexibility index (Phi) is 3.97. The third-order valence-corrected chi connectivity index (χ3v) is 7.04. The van der Waals surface area contributed by atoms with E-state index in [9.17, 15) is 8.42 Å². The maximum Gasteiger partial charge on any atom is 0.178 e. The van der Waals surface area contributed by atoms with E-state index in [-0.39, 0.29) is 17.1 Å². The lowest BCUT2D eigenvalue weighted by Crippen LogP contribution is -2.18. The molecular formula is C22H20O2S. The molecule has 25 heavy (non-hydrogen) atoms. The predicted molar refractivity (Wildman–Crippen MR) is 100 cm³/mol. The van der Waals surface area contributed by atoms with Crippen LogP contribution in [0.5, 0.6) is 0 Å². The van der Waals surface area contributed by atoms with Crippen molar-refractivity contribution in [2.24, 2.45) is 5.92 Å². The molecule has 1 unspecified atom stereocenters. The highest BCUT2D eigenvalue weighted by atomic mass is 32.2. The number of hydrogen-bond acceptors (Lipinski definition) is 2. The van der Waals surface area contributed by atoms with E-state index in [2.05, 4.69) is 24.3 Å². The minimum atomic E-state index is -3.28. The second-order valence-electron chi connectivity index (χ2n) is 6.70. The van der Waals surface area contributed by atoms with Crippen LogP contribution in [0.1, 0.15) is 17.5 Å². The Morgan fingerprint density at radius 1 is 0.720 bits per heavy atom. The molecule has 0 amide bonds. The van der Waals surface area contributed by atoms with Crippen molar-refractivity contribution in [1.29, 1.82) is 0 Å². The first-order valence-corrected chi connectivity index (χ1v) is 10.2. The Bertz CT molecular complexity index is 909. The molecule has 3 heteroatoms. The van der Waals surface area contributed by atoms with E-state index < -0.39 is 9.84 Å². The molecule has 1 saturated carbocycles. The Balaban J connectivity index is 1.70. The summed E-state index contributed by atoms with van der Waals surface area (Å²) in [5, 5.41) is 0. The van der Waals surface area contributed by atoms with Gasteiger partial charge in [-0.05, 0) is 35.6 Å². The molecule has 0 heterocycles. The summed E-state index contributed by atoms with van der Waals surface area (Å²) in [7, 11) is -3.28. The maximum atomic E-state index is 12.8. The van der Waals surface area contributed by atoms with E-state index in [1.54, 1.807) is 24.3 Å². The molecule has 4 rings (SSSR count). The van der Waals surface area contributed by atoms with E-state index in [0.717, 1.165) is 6.42 Å². The standard InChI is InChI=1S/C22H20O2S/c23-25(24,21-14-8-3-9-15-21)17-20-16-22(20,18-10-4-1-5-11-18)19-12-6-2-7-13-19/h1-15,20H,16-17H2. The molecule has 0 saturated heterocycles. The highest BCUT2D eigenvalue weighted by Gasteiger charge is 2.57. The summed E-state index contributed by atoms with van der Waals surface area (Å²) in [5.41, 5.74) is 2.22. The lowest BCUT2D eigenvalue weighted by atomic mass is 9.86. The van der Waals surface area contributed by atoms with Gasteiger partial charge in [-0.25, -0.2) is 8.42 Å². The molecule has 2 nitrogen and oxygen atoms in total. The van der Waals surface area contributed by atoms with Crippen LogP contribution in [0.15, 0.2) is 95.9 Å². The number of benzene rings is 3. The predicted octanol–water partition coefficient (Wildman–Crippen LogP) is 4.47. The van der Waals surface area contributed by atoms with E-state index >= 15 is 0 Å². The second kappa shape index (κ2) is 6.16. The van der Waals surface area contributed by atoms with Crippen molar-refractivity contribution >= 4 is 9.84 Å². The van der Waals surface area contributed by atoms with Crippen LogP contribution >= 0.6 is 0 Å². The van der Waals surface area contributed by atoms with Gasteiger partial charge in [0.05, 0.1) is 10.6 Å². The Hall–Kier alpha value is -2.39. The van der Waals surface area contributed by atoms with E-state index in [1.165, 1.54) is 11.1 Å². The number of rotatable bonds is 5. The second-order valence-corrected chi connectivity index (χ2v) is 8.73. The highest BCUT2D eigenvalue weighted by molar-refractivity contribution is 7.91. The van der Waals surface area contributed by atoms with Crippen LogP contribution in [0.25, 0.3) is 0 Å². The SMILES string of the molecule is O=S(=O)(CC1CC1(c1ccccc1)c1ccccc1)c1ccccc1. The molecular weight excluding hydrogens is 328 g/mol. The first-order valence-electron chi connectivity index (χ1n) is 8.52. The fourth-order valence-corrected chi connectivity index (χ4v) is 5.56. The Labute approximate surface area is 149 Å². The molecule has 3 aromatic carbocycles. The Morgan fingerprint density at radius 2 is 1.16 bits per heavy atom. The fraction of sp³-hybridized carbons (Fsp3) is 0.182. The van der Waals surface area contributed by atoms with Gasteiger partial charge in [-0.3, -0.25) is 0 Å². The lowest BCUT2D eigenvalue weighted by Gasteiger charge is -2.19. The van der Waals surface area contributed by atoms with Crippen LogP contribution in [0, 0.1) is 5.92 Å². The van der Waals surface area contributed by atoms with Crippen LogP contribution in [-0.4, -0.2) is 14.2 Å². The zero-order valence-electron chi connectivity index (χ0n) is 13.9. The van der Waals surface area contributed by atoms with Crippen molar-refractivity contribution in [3.8, 4) is 0 Å². The molecule has 1 aliphatic carbocycles. The molecule has 0 spiro atoms. The first-order chi connectivity index (χ1) is 12.1. The smallest absolute Gasteiger partial charge is 0.178 e. The molecule has 126 valence electrons. The van der Waals surface area contributed by atoms with Gasteiger partial charge in [-0.15, -0.1) is 0 Å². The quantitative estimate of drug-likeness (QED) is 0.682. The Morgan fingerprint density at radius 3 is 1.64 bits per heavy atom. The third kappa shape index (κ3) is 2.89. The van der Waals surface area contributed by atoms with Gasteiger partial charge in [0.2, 0.25) is 0 Å². The zero-order valence-corrected chi connectivity index (χ0v) is 14.7. The van der Waals surface area contributed by atoms with Crippen molar-refractivity contribution < 1.29 is 8.42 Å². The monoisotopic (exact) mass is 348 g/mol. The van der Waals surface area contributed by atoms with E-state index in [0.29, 0.717) is 4.90 Å². The summed E-state index contributed by atoms with van der Waals surface area (Å²) < 4.78 is 25.7. The van der Waals surface area contributed by atoms with E-state index in [1.807, 2.05) is 42.5 Å². The van der Waals surface area contributed by atoms with Gasteiger partial charge in [0.1, 0.15) is 0 Å². The molecule has 1 atom stereocenters. The largest absolute Gasteiger partial charge is 0.224 e. The highest BCUT2D eigenvalue weighted by Crippen LogP contribution is 2.59. The third-order valence-electron chi connectivity index (χ3n) is 5.21. The minimum Gasteiger partial charge on any atom is -0.224 e. The molecule has 0 N–H and O–H groups in total. The van der Waals surface area contributed by atoms with Crippen LogP contribution < -0.4 is 0 Å². The first kappa shape index (κ1) is 16.1. The summed E-state index contributed by atoms with van der Waals surface area (Å²) in [5.74, 6) is 0.281. The van der Waals surface area contributed by atoms with Crippen molar-refractivity contribution in [3.05, 3.63) is 102 Å². The van der Waals surface area contributed by atoms with E-state index in [4.69, 9.17) is 0 Å². The van der Waals surface area contributed by atoms with Crippen molar-refractivity contribution in [1.82, 2.24) is 0 Å². The van der Waals surface area contributed by atoms with Crippen molar-refractivity contribution in [2.75, 3.05) is 5.75 Å². The number of hydrogen-bond donors (Lipinski definition) is 0. The maximum absolute atomic E-state index is 12.8. The summed E-state index contributed by atoms with van der Waals surface area (Å²) in [4.78, 5) is 0.414. The minimum absolute atomic E-state index is 0.0995. The summed E-state index contributed by atoms with van der Waals surface area (Å²) >= 11 is 0. The fourth-order valence-electron chi connectivity index (χ4n) is 3.86. The normalized spacial score (nSPS) is 18.6. The molecule has 1 fully saturated rings. The molecule has 0 aliphatic heterocycles. The van der Waals surface area contributed by atoms with Crippen molar-refractivity contribution in [3.63, 3.8) is 0 Å². The average Bonchev–Trinajstić information content (AvgIpc) is 3.38. The summed E-state index contributed by atoms with van der Waals surface area (Å²) in [6.07, 6.45) is 0.868. The van der Waals surface area contributed by atoms with Crippen molar-refractivity contribution in [2.45, 2.75) is 16.7 Å². The zero-order chi connectivity index (χ0) is 17.3.